The molecule has 160 valence electrons. The molecule has 0 saturated carbocycles. The number of ether oxygens (including phenoxy) is 3. The highest BCUT2D eigenvalue weighted by molar-refractivity contribution is 6.30. The van der Waals surface area contributed by atoms with Crippen LogP contribution in [0, 0.1) is 0 Å². The van der Waals surface area contributed by atoms with Gasteiger partial charge in [-0.25, -0.2) is 4.79 Å². The van der Waals surface area contributed by atoms with E-state index in [0.29, 0.717) is 9.51 Å². The van der Waals surface area contributed by atoms with Crippen molar-refractivity contribution in [1.82, 2.24) is 0 Å². The molecule has 4 rings (SSSR count). The van der Waals surface area contributed by atoms with Crippen LogP contribution in [0.25, 0.3) is 0 Å². The zero-order valence-electron chi connectivity index (χ0n) is 18.0. The zero-order chi connectivity index (χ0) is 21.5. The summed E-state index contributed by atoms with van der Waals surface area (Å²) in [5, 5.41) is 0.699. The molecule has 2 aliphatic heterocycles. The molecule has 0 amide bonds. The summed E-state index contributed by atoms with van der Waals surface area (Å²) in [5.74, 6) is 2.20. The van der Waals surface area contributed by atoms with Crippen molar-refractivity contribution in [3.05, 3.63) is 58.6 Å². The third kappa shape index (κ3) is 4.14. The van der Waals surface area contributed by atoms with E-state index in [1.807, 2.05) is 57.2 Å². The van der Waals surface area contributed by atoms with Crippen LogP contribution in [0.15, 0.2) is 42.5 Å². The fourth-order valence-electron chi connectivity index (χ4n) is 4.45. The number of fused-ring (bicyclic) bond motifs is 5. The first-order valence-corrected chi connectivity index (χ1v) is 10.8. The summed E-state index contributed by atoms with van der Waals surface area (Å²) in [7, 11) is 2.13. The van der Waals surface area contributed by atoms with Crippen LogP contribution in [0.1, 0.15) is 50.2 Å². The maximum Gasteiger partial charge on any atom is 0.513 e. The topological polar surface area (TPSA) is 44.8 Å². The van der Waals surface area contributed by atoms with Crippen molar-refractivity contribution in [3.63, 3.8) is 0 Å². The lowest BCUT2D eigenvalue weighted by Gasteiger charge is -2.30. The number of likely N-dealkylation sites (tertiary alicyclic amines) is 1. The number of quaternary nitrogens is 1. The summed E-state index contributed by atoms with van der Waals surface area (Å²) < 4.78 is 17.9. The summed E-state index contributed by atoms with van der Waals surface area (Å²) in [6.45, 7) is 7.68. The van der Waals surface area contributed by atoms with Crippen molar-refractivity contribution in [2.24, 2.45) is 0 Å². The van der Waals surface area contributed by atoms with Gasteiger partial charge in [0, 0.05) is 28.0 Å². The summed E-state index contributed by atoms with van der Waals surface area (Å²) in [6, 6.07) is 14.0. The van der Waals surface area contributed by atoms with Gasteiger partial charge in [0.15, 0.2) is 0 Å². The van der Waals surface area contributed by atoms with Crippen molar-refractivity contribution in [2.45, 2.75) is 44.6 Å². The molecule has 0 radical (unpaired) electrons. The molecule has 3 unspecified atom stereocenters. The smallest absolute Gasteiger partial charge is 0.457 e. The number of carbonyl (C=O) groups excluding carboxylic acids is 1. The average Bonchev–Trinajstić information content (AvgIpc) is 3.00. The first-order chi connectivity index (χ1) is 14.2. The predicted molar refractivity (Wildman–Crippen MR) is 116 cm³/mol. The fraction of sp³-hybridized carbons (Fsp3) is 0.458. The minimum absolute atomic E-state index is 0.221. The monoisotopic (exact) mass is 430 g/mol. The molecule has 0 aliphatic carbocycles. The average molecular weight is 431 g/mol. The van der Waals surface area contributed by atoms with Gasteiger partial charge in [0.05, 0.1) is 20.1 Å². The minimum Gasteiger partial charge on any atom is -0.457 e. The Kier molecular flexibility index (Phi) is 5.45. The van der Waals surface area contributed by atoms with Crippen molar-refractivity contribution in [2.75, 3.05) is 26.9 Å². The van der Waals surface area contributed by atoms with Gasteiger partial charge >= 0.3 is 6.16 Å². The molecule has 2 aromatic carbocycles. The van der Waals surface area contributed by atoms with E-state index in [4.69, 9.17) is 25.8 Å². The summed E-state index contributed by atoms with van der Waals surface area (Å²) in [5.41, 5.74) is 1.77. The van der Waals surface area contributed by atoms with E-state index in [0.717, 1.165) is 36.6 Å². The summed E-state index contributed by atoms with van der Waals surface area (Å²) >= 11 is 6.33. The Morgan fingerprint density at radius 2 is 1.80 bits per heavy atom. The molecule has 6 heteroatoms. The van der Waals surface area contributed by atoms with Crippen LogP contribution < -0.4 is 4.74 Å². The predicted octanol–water partition coefficient (Wildman–Crippen LogP) is 6.07. The summed E-state index contributed by atoms with van der Waals surface area (Å²) in [4.78, 5) is 12.2. The van der Waals surface area contributed by atoms with Crippen molar-refractivity contribution in [1.29, 1.82) is 0 Å². The van der Waals surface area contributed by atoms with E-state index < -0.39 is 11.8 Å². The molecule has 2 heterocycles. The van der Waals surface area contributed by atoms with Crippen LogP contribution in [0.2, 0.25) is 5.02 Å². The lowest BCUT2D eigenvalue weighted by Crippen LogP contribution is -2.45. The van der Waals surface area contributed by atoms with Crippen molar-refractivity contribution >= 4 is 17.8 Å². The molecule has 0 bridgehead atoms. The number of hydrogen-bond donors (Lipinski definition) is 0. The molecule has 0 aromatic heterocycles. The van der Waals surface area contributed by atoms with Gasteiger partial charge in [0.1, 0.15) is 17.1 Å². The number of rotatable bonds is 4. The second kappa shape index (κ2) is 7.78. The van der Waals surface area contributed by atoms with Gasteiger partial charge in [-0.1, -0.05) is 36.7 Å². The van der Waals surface area contributed by atoms with Gasteiger partial charge in [-0.05, 0) is 44.5 Å². The normalized spacial score (nSPS) is 24.7. The molecule has 2 aromatic rings. The van der Waals surface area contributed by atoms with Crippen LogP contribution >= 0.6 is 11.6 Å². The number of likely N-dealkylation sites (N-methyl/N-ethyl adjacent to an activating group) is 1. The van der Waals surface area contributed by atoms with E-state index >= 15 is 0 Å². The Bertz CT molecular complexity index is 960. The minimum atomic E-state index is -0.611. The van der Waals surface area contributed by atoms with Gasteiger partial charge in [-0.3, -0.25) is 4.48 Å². The number of nitrogens with zero attached hydrogens (tertiary/aromatic N) is 1. The second-order valence-corrected chi connectivity index (χ2v) is 9.69. The summed E-state index contributed by atoms with van der Waals surface area (Å²) in [6.07, 6.45) is 0.118. The Morgan fingerprint density at radius 3 is 2.53 bits per heavy atom. The van der Waals surface area contributed by atoms with Crippen molar-refractivity contribution in [3.8, 4) is 11.5 Å². The fourth-order valence-corrected chi connectivity index (χ4v) is 4.63. The van der Waals surface area contributed by atoms with Gasteiger partial charge in [0.2, 0.25) is 6.73 Å². The number of carbonyl (C=O) groups is 1. The van der Waals surface area contributed by atoms with Gasteiger partial charge < -0.3 is 14.2 Å². The number of para-hydroxylation sites is 1. The third-order valence-electron chi connectivity index (χ3n) is 6.38. The Hall–Kier alpha value is -2.24. The zero-order valence-corrected chi connectivity index (χ0v) is 18.7. The van der Waals surface area contributed by atoms with Crippen LogP contribution in [0.4, 0.5) is 4.79 Å². The van der Waals surface area contributed by atoms with Gasteiger partial charge in [0.25, 0.3) is 0 Å². The number of halogens is 1. The molecule has 5 nitrogen and oxygen atoms in total. The highest BCUT2D eigenvalue weighted by Gasteiger charge is 2.48. The quantitative estimate of drug-likeness (QED) is 0.436. The molecular formula is C24H29ClNO4+. The highest BCUT2D eigenvalue weighted by atomic mass is 35.5. The molecule has 0 N–H and O–H groups in total. The molecular weight excluding hydrogens is 402 g/mol. The van der Waals surface area contributed by atoms with E-state index in [1.165, 1.54) is 5.56 Å². The van der Waals surface area contributed by atoms with E-state index in [2.05, 4.69) is 13.1 Å². The molecule has 0 spiro atoms. The van der Waals surface area contributed by atoms with E-state index in [-0.39, 0.29) is 18.6 Å². The van der Waals surface area contributed by atoms with Crippen LogP contribution in [-0.2, 0) is 9.47 Å². The molecule has 1 fully saturated rings. The SMILES string of the molecule is CCC(C)(C)OC(=O)OC[N+]1(C)CC2c3ccccc3Oc3ccc(Cl)cc3C2C1. The van der Waals surface area contributed by atoms with Gasteiger partial charge in [-0.2, -0.15) is 0 Å². The molecule has 3 atom stereocenters. The lowest BCUT2D eigenvalue weighted by atomic mass is 9.84. The largest absolute Gasteiger partial charge is 0.513 e. The number of benzene rings is 2. The second-order valence-electron chi connectivity index (χ2n) is 9.26. The van der Waals surface area contributed by atoms with Crippen molar-refractivity contribution < 1.29 is 23.5 Å². The molecule has 30 heavy (non-hydrogen) atoms. The van der Waals surface area contributed by atoms with Crippen LogP contribution in [-0.4, -0.2) is 43.1 Å². The Balaban J connectivity index is 1.59. The van der Waals surface area contributed by atoms with Crippen LogP contribution in [0.5, 0.6) is 11.5 Å². The number of hydrogen-bond acceptors (Lipinski definition) is 4. The van der Waals surface area contributed by atoms with E-state index in [9.17, 15) is 4.79 Å². The Labute approximate surface area is 183 Å². The molecule has 1 saturated heterocycles. The van der Waals surface area contributed by atoms with Crippen LogP contribution in [0.3, 0.4) is 0 Å². The van der Waals surface area contributed by atoms with Gasteiger partial charge in [-0.15, -0.1) is 0 Å². The lowest BCUT2D eigenvalue weighted by molar-refractivity contribution is -0.915. The molecule has 2 aliphatic rings. The van der Waals surface area contributed by atoms with E-state index in [1.54, 1.807) is 0 Å². The highest BCUT2D eigenvalue weighted by Crippen LogP contribution is 2.51. The standard InChI is InChI=1S/C24H29ClNO4/c1-5-24(2,3)30-23(27)28-15-26(4)13-19-17-8-6-7-9-21(17)29-22-11-10-16(25)12-18(22)20(19)14-26/h6-12,19-20H,5,13-15H2,1-4H3/q+1. The third-order valence-corrected chi connectivity index (χ3v) is 6.61. The Morgan fingerprint density at radius 1 is 1.13 bits per heavy atom. The maximum atomic E-state index is 12.2. The first-order valence-electron chi connectivity index (χ1n) is 10.5. The first kappa shape index (κ1) is 21.0. The maximum absolute atomic E-state index is 12.2.